The van der Waals surface area contributed by atoms with E-state index in [2.05, 4.69) is 15.2 Å². The molecule has 0 bridgehead atoms. The molecule has 2 heterocycles. The Morgan fingerprint density at radius 3 is 2.88 bits per heavy atom. The van der Waals surface area contributed by atoms with Crippen molar-refractivity contribution in [3.05, 3.63) is 18.2 Å². The number of ether oxygens (including phenoxy) is 1. The summed E-state index contributed by atoms with van der Waals surface area (Å²) in [6.07, 6.45) is 2.70. The number of methoxy groups -OCH3 is 1. The lowest BCUT2D eigenvalue weighted by molar-refractivity contribution is -0.123. The summed E-state index contributed by atoms with van der Waals surface area (Å²) in [5.74, 6) is 0.902. The molecule has 0 spiro atoms. The SMILES string of the molecule is COc1cccc2sc(N3CCC(F)(CNC(=O)C4CC4)CC3)nc12. The number of benzene rings is 1. The Balaban J connectivity index is 1.40. The predicted molar refractivity (Wildman–Crippen MR) is 97.2 cm³/mol. The van der Waals surface area contributed by atoms with Gasteiger partial charge >= 0.3 is 0 Å². The molecule has 25 heavy (non-hydrogen) atoms. The number of hydrogen-bond acceptors (Lipinski definition) is 5. The lowest BCUT2D eigenvalue weighted by Crippen LogP contribution is -2.48. The van der Waals surface area contributed by atoms with Crippen LogP contribution in [0.25, 0.3) is 10.2 Å². The van der Waals surface area contributed by atoms with Crippen molar-refractivity contribution >= 4 is 32.6 Å². The third kappa shape index (κ3) is 3.42. The number of nitrogens with one attached hydrogen (secondary N) is 1. The highest BCUT2D eigenvalue weighted by atomic mass is 32.1. The summed E-state index contributed by atoms with van der Waals surface area (Å²) in [5, 5.41) is 3.69. The molecule has 1 N–H and O–H groups in total. The molecule has 0 unspecified atom stereocenters. The molecule has 2 fully saturated rings. The molecule has 1 saturated heterocycles. The van der Waals surface area contributed by atoms with Crippen molar-refractivity contribution in [3.63, 3.8) is 0 Å². The minimum atomic E-state index is -1.31. The molecule has 1 aromatic heterocycles. The van der Waals surface area contributed by atoms with E-state index in [9.17, 15) is 9.18 Å². The fourth-order valence-corrected chi connectivity index (χ4v) is 4.26. The molecule has 1 amide bonds. The zero-order valence-electron chi connectivity index (χ0n) is 14.3. The van der Waals surface area contributed by atoms with Gasteiger partial charge < -0.3 is 15.0 Å². The summed E-state index contributed by atoms with van der Waals surface area (Å²) < 4.78 is 21.4. The molecular weight excluding hydrogens is 341 g/mol. The van der Waals surface area contributed by atoms with Crippen molar-refractivity contribution < 1.29 is 13.9 Å². The van der Waals surface area contributed by atoms with Crippen LogP contribution in [0.5, 0.6) is 5.75 Å². The first-order chi connectivity index (χ1) is 12.1. The number of alkyl halides is 1. The smallest absolute Gasteiger partial charge is 0.223 e. The van der Waals surface area contributed by atoms with Gasteiger partial charge in [0.25, 0.3) is 0 Å². The number of rotatable bonds is 5. The second kappa shape index (κ2) is 6.44. The Labute approximate surface area is 150 Å². The minimum Gasteiger partial charge on any atom is -0.494 e. The number of fused-ring (bicyclic) bond motifs is 1. The van der Waals surface area contributed by atoms with Gasteiger partial charge in [0.2, 0.25) is 5.91 Å². The first kappa shape index (κ1) is 16.6. The van der Waals surface area contributed by atoms with Gasteiger partial charge in [0.1, 0.15) is 16.9 Å². The van der Waals surface area contributed by atoms with Gasteiger partial charge in [-0.3, -0.25) is 4.79 Å². The predicted octanol–water partition coefficient (Wildman–Crippen LogP) is 3.14. The molecule has 5 nitrogen and oxygen atoms in total. The van der Waals surface area contributed by atoms with Gasteiger partial charge in [0.05, 0.1) is 18.4 Å². The Morgan fingerprint density at radius 1 is 1.44 bits per heavy atom. The molecule has 2 aliphatic rings. The van der Waals surface area contributed by atoms with Gasteiger partial charge in [-0.2, -0.15) is 0 Å². The summed E-state index contributed by atoms with van der Waals surface area (Å²) in [6, 6.07) is 5.88. The van der Waals surface area contributed by atoms with Crippen LogP contribution in [0.2, 0.25) is 0 Å². The number of amides is 1. The number of thiazole rings is 1. The third-order valence-corrected chi connectivity index (χ3v) is 6.13. The second-order valence-corrected chi connectivity index (χ2v) is 7.94. The maximum atomic E-state index is 15.0. The molecule has 4 rings (SSSR count). The number of nitrogens with zero attached hydrogens (tertiary/aromatic N) is 2. The number of piperidine rings is 1. The number of halogens is 1. The molecule has 134 valence electrons. The summed E-state index contributed by atoms with van der Waals surface area (Å²) in [4.78, 5) is 18.5. The summed E-state index contributed by atoms with van der Waals surface area (Å²) in [6.45, 7) is 1.35. The Kier molecular flexibility index (Phi) is 4.27. The van der Waals surface area contributed by atoms with Crippen molar-refractivity contribution in [1.29, 1.82) is 0 Å². The molecule has 1 saturated carbocycles. The van der Waals surface area contributed by atoms with Crippen molar-refractivity contribution in [1.82, 2.24) is 10.3 Å². The van der Waals surface area contributed by atoms with Gasteiger partial charge in [-0.15, -0.1) is 0 Å². The summed E-state index contributed by atoms with van der Waals surface area (Å²) in [7, 11) is 1.64. The van der Waals surface area contributed by atoms with Crippen LogP contribution in [0.4, 0.5) is 9.52 Å². The molecule has 7 heteroatoms. The highest BCUT2D eigenvalue weighted by Crippen LogP contribution is 2.37. The standard InChI is InChI=1S/C18H22FN3O2S/c1-24-13-3-2-4-14-15(13)21-17(25-14)22-9-7-18(19,8-10-22)11-20-16(23)12-5-6-12/h2-4,12H,5-11H2,1H3,(H,20,23). The second-order valence-electron chi connectivity index (χ2n) is 6.93. The molecule has 1 aliphatic carbocycles. The van der Waals surface area contributed by atoms with Gasteiger partial charge in [-0.1, -0.05) is 17.4 Å². The van der Waals surface area contributed by atoms with Crippen LogP contribution in [-0.2, 0) is 4.79 Å². The quantitative estimate of drug-likeness (QED) is 0.887. The van der Waals surface area contributed by atoms with Crippen LogP contribution < -0.4 is 15.0 Å². The van der Waals surface area contributed by atoms with E-state index in [4.69, 9.17) is 4.74 Å². The van der Waals surface area contributed by atoms with E-state index in [0.717, 1.165) is 33.9 Å². The van der Waals surface area contributed by atoms with Crippen LogP contribution in [0, 0.1) is 5.92 Å². The van der Waals surface area contributed by atoms with Crippen LogP contribution >= 0.6 is 11.3 Å². The molecule has 0 atom stereocenters. The number of anilines is 1. The first-order valence-electron chi connectivity index (χ1n) is 8.73. The monoisotopic (exact) mass is 363 g/mol. The minimum absolute atomic E-state index is 0.0118. The van der Waals surface area contributed by atoms with E-state index in [-0.39, 0.29) is 18.4 Å². The Hall–Kier alpha value is -1.89. The normalized spacial score (nSPS) is 19.8. The molecule has 2 aromatic rings. The van der Waals surface area contributed by atoms with Gasteiger partial charge in [0, 0.05) is 31.8 Å². The van der Waals surface area contributed by atoms with E-state index >= 15 is 0 Å². The molecule has 0 radical (unpaired) electrons. The van der Waals surface area contributed by atoms with Gasteiger partial charge in [-0.25, -0.2) is 9.37 Å². The number of aromatic nitrogens is 1. The zero-order valence-corrected chi connectivity index (χ0v) is 15.1. The largest absolute Gasteiger partial charge is 0.494 e. The van der Waals surface area contributed by atoms with Crippen LogP contribution in [0.3, 0.4) is 0 Å². The lowest BCUT2D eigenvalue weighted by Gasteiger charge is -2.36. The Bertz CT molecular complexity index is 782. The van der Waals surface area contributed by atoms with Gasteiger partial charge in [-0.05, 0) is 25.0 Å². The molecule has 1 aliphatic heterocycles. The van der Waals surface area contributed by atoms with Crippen molar-refractivity contribution in [2.24, 2.45) is 5.92 Å². The maximum Gasteiger partial charge on any atom is 0.223 e. The van der Waals surface area contributed by atoms with E-state index in [0.29, 0.717) is 25.9 Å². The van der Waals surface area contributed by atoms with E-state index in [1.54, 1.807) is 18.4 Å². The van der Waals surface area contributed by atoms with Crippen molar-refractivity contribution in [2.75, 3.05) is 31.6 Å². The van der Waals surface area contributed by atoms with Crippen LogP contribution in [0.1, 0.15) is 25.7 Å². The fraction of sp³-hybridized carbons (Fsp3) is 0.556. The number of carbonyl (C=O) groups excluding carboxylic acids is 1. The van der Waals surface area contributed by atoms with Gasteiger partial charge in [0.15, 0.2) is 5.13 Å². The first-order valence-corrected chi connectivity index (χ1v) is 9.55. The van der Waals surface area contributed by atoms with E-state index in [1.165, 1.54) is 0 Å². The van der Waals surface area contributed by atoms with Crippen LogP contribution in [-0.4, -0.2) is 43.3 Å². The number of para-hydroxylation sites is 1. The van der Waals surface area contributed by atoms with E-state index in [1.807, 2.05) is 18.2 Å². The Morgan fingerprint density at radius 2 is 2.20 bits per heavy atom. The highest BCUT2D eigenvalue weighted by Gasteiger charge is 2.37. The topological polar surface area (TPSA) is 54.5 Å². The number of carbonyl (C=O) groups is 1. The average molecular weight is 363 g/mol. The summed E-state index contributed by atoms with van der Waals surface area (Å²) in [5.41, 5.74) is -0.450. The van der Waals surface area contributed by atoms with Crippen LogP contribution in [0.15, 0.2) is 18.2 Å². The van der Waals surface area contributed by atoms with Crippen molar-refractivity contribution in [2.45, 2.75) is 31.4 Å². The number of hydrogen-bond donors (Lipinski definition) is 1. The maximum absolute atomic E-state index is 15.0. The summed E-state index contributed by atoms with van der Waals surface area (Å²) >= 11 is 1.61. The molecule has 1 aromatic carbocycles. The van der Waals surface area contributed by atoms with E-state index < -0.39 is 5.67 Å². The zero-order chi connectivity index (χ0) is 17.4. The highest BCUT2D eigenvalue weighted by molar-refractivity contribution is 7.22. The van der Waals surface area contributed by atoms with Crippen molar-refractivity contribution in [3.8, 4) is 5.75 Å². The average Bonchev–Trinajstić information content (AvgIpc) is 3.38. The lowest BCUT2D eigenvalue weighted by atomic mass is 9.93. The fourth-order valence-electron chi connectivity index (χ4n) is 3.22. The molecular formula is C18H22FN3O2S. The third-order valence-electron chi connectivity index (χ3n) is 5.05.